The quantitative estimate of drug-likeness (QED) is 0.470. The van der Waals surface area contributed by atoms with Crippen LogP contribution in [0.2, 0.25) is 0 Å². The molecular weight excluding hydrogens is 200 g/mol. The van der Waals surface area contributed by atoms with Gasteiger partial charge in [0.1, 0.15) is 6.04 Å². The predicted molar refractivity (Wildman–Crippen MR) is 51.9 cm³/mol. The molecule has 84 valence electrons. The largest absolute Gasteiger partial charge is 0.504 e. The Morgan fingerprint density at radius 3 is 2.73 bits per heavy atom. The molecule has 0 radical (unpaired) electrons. The van der Waals surface area contributed by atoms with Crippen LogP contribution >= 0.6 is 0 Å². The molecule has 2 atom stereocenters. The number of methoxy groups -OCH3 is 1. The average molecular weight is 214 g/mol. The molecule has 0 aliphatic carbocycles. The van der Waals surface area contributed by atoms with Crippen molar-refractivity contribution < 1.29 is 19.4 Å². The van der Waals surface area contributed by atoms with Crippen molar-refractivity contribution in [1.82, 2.24) is 4.90 Å². The summed E-state index contributed by atoms with van der Waals surface area (Å²) in [6.45, 7) is 1.87. The molecule has 0 aromatic rings. The number of rotatable bonds is 4. The fourth-order valence-electron chi connectivity index (χ4n) is 1.54. The number of nitrogens with zero attached hydrogens (tertiary/aromatic N) is 1. The highest BCUT2D eigenvalue weighted by atomic mass is 16.5. The fraction of sp³-hybridized carbons (Fsp3) is 0.556. The molecule has 1 rings (SSSR count). The number of carbonyl (C=O) groups is 2. The van der Waals surface area contributed by atoms with E-state index in [1.54, 1.807) is 6.92 Å². The van der Waals surface area contributed by atoms with Crippen LogP contribution in [0.25, 0.3) is 0 Å². The third kappa shape index (κ3) is 2.10. The molecule has 0 spiro atoms. The number of hydrogen-bond donors (Lipinski definition) is 2. The second-order valence-corrected chi connectivity index (χ2v) is 3.44. The van der Waals surface area contributed by atoms with E-state index in [0.717, 1.165) is 0 Å². The fourth-order valence-corrected chi connectivity index (χ4v) is 1.54. The lowest BCUT2D eigenvalue weighted by molar-refractivity contribution is -0.156. The smallest absolute Gasteiger partial charge is 0.330 e. The molecule has 1 fully saturated rings. The Bertz CT molecular complexity index is 313. The van der Waals surface area contributed by atoms with Crippen LogP contribution in [0, 0.1) is 0 Å². The number of hydrogen-bond acceptors (Lipinski definition) is 4. The highest BCUT2D eigenvalue weighted by Crippen LogP contribution is 2.18. The predicted octanol–water partition coefficient (Wildman–Crippen LogP) is -0.841. The zero-order valence-corrected chi connectivity index (χ0v) is 8.64. The highest BCUT2D eigenvalue weighted by molar-refractivity contribution is 5.93. The summed E-state index contributed by atoms with van der Waals surface area (Å²) in [4.78, 5) is 23.5. The Hall–Kier alpha value is -1.56. The third-order valence-corrected chi connectivity index (χ3v) is 2.27. The van der Waals surface area contributed by atoms with Gasteiger partial charge in [-0.2, -0.15) is 0 Å². The second kappa shape index (κ2) is 4.31. The summed E-state index contributed by atoms with van der Waals surface area (Å²) < 4.78 is 4.72. The molecule has 6 heteroatoms. The molecule has 2 unspecified atom stereocenters. The van der Waals surface area contributed by atoms with Gasteiger partial charge in [0.15, 0.2) is 6.04 Å². The number of aliphatic carboxylic acids is 1. The lowest BCUT2D eigenvalue weighted by Gasteiger charge is -2.40. The molecular formula is C9H14N2O4. The van der Waals surface area contributed by atoms with Crippen LogP contribution in [0.15, 0.2) is 11.8 Å². The van der Waals surface area contributed by atoms with Crippen molar-refractivity contribution in [2.75, 3.05) is 13.7 Å². The number of carboxylic acid groups (broad SMARTS) is 1. The number of carboxylic acids is 1. The van der Waals surface area contributed by atoms with Gasteiger partial charge in [-0.1, -0.05) is 0 Å². The number of carbonyl (C=O) groups excluding carboxylic acids is 1. The Kier molecular flexibility index (Phi) is 3.31. The molecule has 6 nitrogen and oxygen atoms in total. The molecule has 0 aromatic carbocycles. The van der Waals surface area contributed by atoms with E-state index in [-0.39, 0.29) is 12.5 Å². The summed E-state index contributed by atoms with van der Waals surface area (Å²) in [5, 5.41) is 8.98. The van der Waals surface area contributed by atoms with E-state index in [9.17, 15) is 9.59 Å². The van der Waals surface area contributed by atoms with Crippen LogP contribution in [0.1, 0.15) is 6.92 Å². The van der Waals surface area contributed by atoms with E-state index >= 15 is 0 Å². The normalized spacial score (nSPS) is 23.4. The Labute approximate surface area is 87.3 Å². The van der Waals surface area contributed by atoms with Gasteiger partial charge in [-0.3, -0.25) is 4.79 Å². The van der Waals surface area contributed by atoms with Crippen LogP contribution in [0.3, 0.4) is 0 Å². The first-order chi connectivity index (χ1) is 6.99. The van der Waals surface area contributed by atoms with Gasteiger partial charge in [0.25, 0.3) is 0 Å². The van der Waals surface area contributed by atoms with Crippen molar-refractivity contribution in [1.29, 1.82) is 0 Å². The number of nitrogens with two attached hydrogens (primary N) is 1. The van der Waals surface area contributed by atoms with Gasteiger partial charge >= 0.3 is 5.97 Å². The van der Waals surface area contributed by atoms with Crippen molar-refractivity contribution in [3.05, 3.63) is 11.8 Å². The van der Waals surface area contributed by atoms with E-state index in [1.165, 1.54) is 18.3 Å². The van der Waals surface area contributed by atoms with Crippen molar-refractivity contribution >= 4 is 11.9 Å². The Morgan fingerprint density at radius 2 is 2.40 bits per heavy atom. The van der Waals surface area contributed by atoms with Crippen LogP contribution in [-0.4, -0.2) is 47.6 Å². The zero-order chi connectivity index (χ0) is 11.6. The second-order valence-electron chi connectivity index (χ2n) is 3.44. The van der Waals surface area contributed by atoms with Crippen LogP contribution in [-0.2, 0) is 14.3 Å². The molecule has 0 aromatic heterocycles. The zero-order valence-electron chi connectivity index (χ0n) is 8.64. The van der Waals surface area contributed by atoms with Gasteiger partial charge < -0.3 is 20.5 Å². The number of likely N-dealkylation sites (tertiary alicyclic amines) is 1. The molecule has 1 saturated heterocycles. The van der Waals surface area contributed by atoms with Gasteiger partial charge in [0.2, 0.25) is 5.91 Å². The monoisotopic (exact) mass is 214 g/mol. The first-order valence-corrected chi connectivity index (χ1v) is 4.47. The maximum absolute atomic E-state index is 11.3. The van der Waals surface area contributed by atoms with Gasteiger partial charge in [-0.05, 0) is 12.5 Å². The standard InChI is InChI=1S/C9H14N2O4/c1-5(4-15-2)7(9(13)14)11-3-6(10)8(11)12/h4,6-7H,3,10H2,1-2H3,(H,13,14). The summed E-state index contributed by atoms with van der Waals surface area (Å²) in [7, 11) is 1.42. The van der Waals surface area contributed by atoms with E-state index < -0.39 is 18.1 Å². The van der Waals surface area contributed by atoms with Gasteiger partial charge in [0, 0.05) is 6.54 Å². The Balaban J connectivity index is 2.81. The van der Waals surface area contributed by atoms with Crippen molar-refractivity contribution in [2.24, 2.45) is 5.73 Å². The van der Waals surface area contributed by atoms with E-state index in [1.807, 2.05) is 0 Å². The summed E-state index contributed by atoms with van der Waals surface area (Å²) >= 11 is 0. The summed E-state index contributed by atoms with van der Waals surface area (Å²) in [6, 6.07) is -1.54. The maximum atomic E-state index is 11.3. The van der Waals surface area contributed by atoms with Gasteiger partial charge in [0.05, 0.1) is 13.4 Å². The minimum Gasteiger partial charge on any atom is -0.504 e. The molecule has 0 bridgehead atoms. The average Bonchev–Trinajstić information content (AvgIpc) is 2.17. The molecule has 3 N–H and O–H groups in total. The minimum atomic E-state index is -1.08. The first kappa shape index (κ1) is 11.5. The molecule has 1 aliphatic heterocycles. The molecule has 1 heterocycles. The van der Waals surface area contributed by atoms with Gasteiger partial charge in [-0.25, -0.2) is 4.79 Å². The van der Waals surface area contributed by atoms with Crippen molar-refractivity contribution in [3.8, 4) is 0 Å². The van der Waals surface area contributed by atoms with Crippen molar-refractivity contribution in [2.45, 2.75) is 19.0 Å². The number of amides is 1. The summed E-state index contributed by atoms with van der Waals surface area (Å²) in [5.74, 6) is -1.42. The van der Waals surface area contributed by atoms with Crippen LogP contribution in [0.4, 0.5) is 0 Å². The van der Waals surface area contributed by atoms with E-state index in [0.29, 0.717) is 5.57 Å². The minimum absolute atomic E-state index is 0.269. The SMILES string of the molecule is COC=C(C)C(C(=O)O)N1CC(N)C1=O. The Morgan fingerprint density at radius 1 is 1.80 bits per heavy atom. The van der Waals surface area contributed by atoms with Gasteiger partial charge in [-0.15, -0.1) is 0 Å². The third-order valence-electron chi connectivity index (χ3n) is 2.27. The highest BCUT2D eigenvalue weighted by Gasteiger charge is 2.42. The number of β-lactam (4-membered cyclic amide) rings is 1. The summed E-state index contributed by atoms with van der Waals surface area (Å²) in [5.41, 5.74) is 5.85. The summed E-state index contributed by atoms with van der Waals surface area (Å²) in [6.07, 6.45) is 1.32. The van der Waals surface area contributed by atoms with E-state index in [4.69, 9.17) is 15.6 Å². The van der Waals surface area contributed by atoms with Crippen LogP contribution in [0.5, 0.6) is 0 Å². The molecule has 0 saturated carbocycles. The maximum Gasteiger partial charge on any atom is 0.330 e. The van der Waals surface area contributed by atoms with Crippen LogP contribution < -0.4 is 5.73 Å². The topological polar surface area (TPSA) is 92.9 Å². The lowest BCUT2D eigenvalue weighted by atomic mass is 10.0. The lowest BCUT2D eigenvalue weighted by Crippen LogP contribution is -2.65. The first-order valence-electron chi connectivity index (χ1n) is 4.47. The number of ether oxygens (including phenoxy) is 1. The van der Waals surface area contributed by atoms with E-state index in [2.05, 4.69) is 0 Å². The molecule has 1 aliphatic rings. The molecule has 15 heavy (non-hydrogen) atoms. The molecule has 1 amide bonds. The van der Waals surface area contributed by atoms with Crippen molar-refractivity contribution in [3.63, 3.8) is 0 Å².